The van der Waals surface area contributed by atoms with Crippen LogP contribution < -0.4 is 10.6 Å². The van der Waals surface area contributed by atoms with Crippen molar-refractivity contribution in [3.8, 4) is 0 Å². The maximum Gasteiger partial charge on any atom is 0.253 e. The van der Waals surface area contributed by atoms with Crippen molar-refractivity contribution >= 4 is 23.4 Å². The van der Waals surface area contributed by atoms with Gasteiger partial charge in [0.15, 0.2) is 0 Å². The van der Waals surface area contributed by atoms with E-state index in [0.717, 1.165) is 31.5 Å². The van der Waals surface area contributed by atoms with E-state index in [2.05, 4.69) is 20.6 Å². The third-order valence-electron chi connectivity index (χ3n) is 5.50. The predicted octanol–water partition coefficient (Wildman–Crippen LogP) is 1.46. The Morgan fingerprint density at radius 2 is 2.04 bits per heavy atom. The van der Waals surface area contributed by atoms with Gasteiger partial charge in [-0.2, -0.15) is 0 Å². The first-order valence-corrected chi connectivity index (χ1v) is 9.55. The molecule has 0 aliphatic carbocycles. The van der Waals surface area contributed by atoms with Crippen LogP contribution in [0, 0.1) is 0 Å². The maximum absolute atomic E-state index is 12.5. The summed E-state index contributed by atoms with van der Waals surface area (Å²) in [7, 11) is 0. The third kappa shape index (κ3) is 3.44. The van der Waals surface area contributed by atoms with E-state index >= 15 is 0 Å². The van der Waals surface area contributed by atoms with E-state index < -0.39 is 0 Å². The number of hydrogen-bond donors (Lipinski definition) is 3. The molecule has 4 rings (SSSR count). The summed E-state index contributed by atoms with van der Waals surface area (Å²) in [6.45, 7) is 2.16. The van der Waals surface area contributed by atoms with Gasteiger partial charge in [0, 0.05) is 31.7 Å². The van der Waals surface area contributed by atoms with Crippen molar-refractivity contribution in [2.75, 3.05) is 26.2 Å². The predicted molar refractivity (Wildman–Crippen MR) is 102 cm³/mol. The minimum Gasteiger partial charge on any atom is -0.348 e. The molecule has 0 radical (unpaired) electrons. The number of nitrogens with one attached hydrogen (secondary N) is 3. The van der Waals surface area contributed by atoms with Gasteiger partial charge in [-0.1, -0.05) is 23.7 Å². The van der Waals surface area contributed by atoms with Crippen LogP contribution in [0.1, 0.15) is 34.6 Å². The van der Waals surface area contributed by atoms with Crippen molar-refractivity contribution in [1.29, 1.82) is 0 Å². The first-order valence-electron chi connectivity index (χ1n) is 9.17. The number of H-pyrrole nitrogens is 1. The number of likely N-dealkylation sites (tertiary alicyclic amines) is 1. The molecule has 0 atom stereocenters. The number of halogens is 1. The Kier molecular flexibility index (Phi) is 4.88. The highest BCUT2D eigenvalue weighted by Crippen LogP contribution is 2.35. The molecule has 0 saturated carbocycles. The highest BCUT2D eigenvalue weighted by atomic mass is 35.5. The molecule has 8 heteroatoms. The van der Waals surface area contributed by atoms with Crippen molar-refractivity contribution in [2.45, 2.75) is 24.8 Å². The molecular formula is C19H22ClN5O2. The lowest BCUT2D eigenvalue weighted by molar-refractivity contribution is -0.132. The second-order valence-corrected chi connectivity index (χ2v) is 7.44. The fourth-order valence-corrected chi connectivity index (χ4v) is 4.22. The summed E-state index contributed by atoms with van der Waals surface area (Å²) < 4.78 is 0. The number of aromatic amines is 1. The van der Waals surface area contributed by atoms with Gasteiger partial charge in [-0.3, -0.25) is 9.59 Å². The van der Waals surface area contributed by atoms with Gasteiger partial charge >= 0.3 is 0 Å². The fraction of sp³-hybridized carbons (Fsp3) is 0.421. The fourth-order valence-electron chi connectivity index (χ4n) is 3.99. The number of hydrogen-bond acceptors (Lipinski definition) is 4. The zero-order chi connectivity index (χ0) is 18.9. The summed E-state index contributed by atoms with van der Waals surface area (Å²) >= 11 is 6.03. The standard InChI is InChI=1S/C19H22ClN5O2/c20-14-4-2-1-3-13(14)18(27)21-11-16(26)25-9-6-19(7-10-25)17-15(5-8-24-19)22-12-23-17/h1-4,12,24H,5-11H2,(H,21,27)(H,22,23). The summed E-state index contributed by atoms with van der Waals surface area (Å²) in [6, 6.07) is 6.80. The molecule has 1 aromatic carbocycles. The molecule has 27 heavy (non-hydrogen) atoms. The van der Waals surface area contributed by atoms with Crippen molar-refractivity contribution in [3.63, 3.8) is 0 Å². The highest BCUT2D eigenvalue weighted by Gasteiger charge is 2.41. The lowest BCUT2D eigenvalue weighted by Gasteiger charge is -2.44. The quantitative estimate of drug-likeness (QED) is 0.743. The summed E-state index contributed by atoms with van der Waals surface area (Å²) in [5.74, 6) is -0.416. The molecule has 2 amide bonds. The Hall–Kier alpha value is -2.38. The molecule has 0 bridgehead atoms. The third-order valence-corrected chi connectivity index (χ3v) is 5.83. The number of carbonyl (C=O) groups excluding carboxylic acids is 2. The molecule has 1 fully saturated rings. The lowest BCUT2D eigenvalue weighted by Crippen LogP contribution is -2.56. The molecule has 142 valence electrons. The van der Waals surface area contributed by atoms with Gasteiger partial charge in [0.05, 0.1) is 34.7 Å². The zero-order valence-corrected chi connectivity index (χ0v) is 15.7. The number of fused-ring (bicyclic) bond motifs is 2. The molecule has 1 spiro atoms. The molecule has 3 heterocycles. The monoisotopic (exact) mass is 387 g/mol. The van der Waals surface area contributed by atoms with Crippen LogP contribution in [0.25, 0.3) is 0 Å². The smallest absolute Gasteiger partial charge is 0.253 e. The van der Waals surface area contributed by atoms with E-state index in [-0.39, 0.29) is 23.9 Å². The van der Waals surface area contributed by atoms with Gasteiger partial charge in [-0.05, 0) is 25.0 Å². The van der Waals surface area contributed by atoms with E-state index in [0.29, 0.717) is 23.7 Å². The Balaban J connectivity index is 1.33. The Morgan fingerprint density at radius 3 is 2.81 bits per heavy atom. The van der Waals surface area contributed by atoms with Gasteiger partial charge in [0.1, 0.15) is 0 Å². The van der Waals surface area contributed by atoms with Gasteiger partial charge < -0.3 is 20.5 Å². The summed E-state index contributed by atoms with van der Waals surface area (Å²) in [5, 5.41) is 6.66. The Labute approximate surface area is 162 Å². The van der Waals surface area contributed by atoms with Crippen LogP contribution in [-0.4, -0.2) is 52.9 Å². The van der Waals surface area contributed by atoms with E-state index in [9.17, 15) is 9.59 Å². The molecule has 1 aromatic heterocycles. The van der Waals surface area contributed by atoms with Crippen molar-refractivity contribution in [3.05, 3.63) is 52.6 Å². The second-order valence-electron chi connectivity index (χ2n) is 7.03. The van der Waals surface area contributed by atoms with Gasteiger partial charge in [-0.25, -0.2) is 4.98 Å². The topological polar surface area (TPSA) is 90.1 Å². The summed E-state index contributed by atoms with van der Waals surface area (Å²) in [5.41, 5.74) is 2.51. The number of carbonyl (C=O) groups is 2. The normalized spacial score (nSPS) is 18.2. The van der Waals surface area contributed by atoms with Crippen LogP contribution in [0.15, 0.2) is 30.6 Å². The zero-order valence-electron chi connectivity index (χ0n) is 14.9. The number of nitrogens with zero attached hydrogens (tertiary/aromatic N) is 2. The minimum atomic E-state index is -0.336. The largest absolute Gasteiger partial charge is 0.348 e. The van der Waals surface area contributed by atoms with Gasteiger partial charge in [0.25, 0.3) is 5.91 Å². The molecule has 2 aliphatic rings. The van der Waals surface area contributed by atoms with E-state index in [1.807, 2.05) is 0 Å². The first-order chi connectivity index (χ1) is 13.1. The van der Waals surface area contributed by atoms with Crippen LogP contribution >= 0.6 is 11.6 Å². The number of piperidine rings is 1. The van der Waals surface area contributed by atoms with Crippen molar-refractivity contribution < 1.29 is 9.59 Å². The summed E-state index contributed by atoms with van der Waals surface area (Å²) in [6.07, 6.45) is 4.33. The minimum absolute atomic E-state index is 0.0296. The number of aromatic nitrogens is 2. The molecule has 1 saturated heterocycles. The highest BCUT2D eigenvalue weighted by molar-refractivity contribution is 6.33. The molecule has 7 nitrogen and oxygen atoms in total. The van der Waals surface area contributed by atoms with Crippen LogP contribution in [0.2, 0.25) is 5.02 Å². The number of imidazole rings is 1. The van der Waals surface area contributed by atoms with Gasteiger partial charge in [-0.15, -0.1) is 0 Å². The molecule has 2 aromatic rings. The maximum atomic E-state index is 12.5. The van der Waals surface area contributed by atoms with E-state index in [4.69, 9.17) is 11.6 Å². The molecule has 0 unspecified atom stereocenters. The van der Waals surface area contributed by atoms with E-state index in [1.165, 1.54) is 5.69 Å². The van der Waals surface area contributed by atoms with Crippen LogP contribution in [-0.2, 0) is 16.8 Å². The lowest BCUT2D eigenvalue weighted by atomic mass is 9.80. The molecule has 3 N–H and O–H groups in total. The first kappa shape index (κ1) is 18.0. The van der Waals surface area contributed by atoms with Crippen LogP contribution in [0.4, 0.5) is 0 Å². The average molecular weight is 388 g/mol. The average Bonchev–Trinajstić information content (AvgIpc) is 3.17. The van der Waals surface area contributed by atoms with Crippen molar-refractivity contribution in [1.82, 2.24) is 25.5 Å². The van der Waals surface area contributed by atoms with Gasteiger partial charge in [0.2, 0.25) is 5.91 Å². The number of benzene rings is 1. The number of rotatable bonds is 3. The second kappa shape index (κ2) is 7.32. The Morgan fingerprint density at radius 1 is 1.26 bits per heavy atom. The summed E-state index contributed by atoms with van der Waals surface area (Å²) in [4.78, 5) is 34.3. The Bertz CT molecular complexity index is 857. The molecule has 2 aliphatic heterocycles. The van der Waals surface area contributed by atoms with Crippen molar-refractivity contribution in [2.24, 2.45) is 0 Å². The van der Waals surface area contributed by atoms with Crippen LogP contribution in [0.3, 0.4) is 0 Å². The van der Waals surface area contributed by atoms with Crippen LogP contribution in [0.5, 0.6) is 0 Å². The van der Waals surface area contributed by atoms with E-state index in [1.54, 1.807) is 35.5 Å². The SMILES string of the molecule is O=C(NCC(=O)N1CCC2(CC1)NCCc1[nH]cnc12)c1ccccc1Cl. The number of amides is 2. The molecular weight excluding hydrogens is 366 g/mol.